The van der Waals surface area contributed by atoms with Crippen molar-refractivity contribution in [2.24, 2.45) is 0 Å². The van der Waals surface area contributed by atoms with E-state index in [1.54, 1.807) is 36.5 Å². The molecule has 196 valence electrons. The number of carboxylic acid groups (broad SMARTS) is 1. The van der Waals surface area contributed by atoms with E-state index in [0.29, 0.717) is 17.9 Å². The molecule has 0 spiro atoms. The lowest BCUT2D eigenvalue weighted by Crippen LogP contribution is -2.25. The zero-order chi connectivity index (χ0) is 27.6. The minimum absolute atomic E-state index is 0.181. The Hall–Kier alpha value is -5.30. The number of nitrogens with zero attached hydrogens (tertiary/aromatic N) is 2. The normalized spacial score (nSPS) is 11.1. The lowest BCUT2D eigenvalue weighted by Gasteiger charge is -2.13. The molecule has 0 saturated carbocycles. The van der Waals surface area contributed by atoms with Crippen molar-refractivity contribution < 1.29 is 19.1 Å². The number of amides is 1. The molecule has 6 aromatic rings. The number of fused-ring (bicyclic) bond motifs is 2. The maximum atomic E-state index is 13.6. The summed E-state index contributed by atoms with van der Waals surface area (Å²) in [7, 11) is 0. The van der Waals surface area contributed by atoms with Crippen LogP contribution >= 0.6 is 0 Å². The first kappa shape index (κ1) is 25.0. The summed E-state index contributed by atoms with van der Waals surface area (Å²) >= 11 is 0. The van der Waals surface area contributed by atoms with Gasteiger partial charge in [0, 0.05) is 13.0 Å². The summed E-state index contributed by atoms with van der Waals surface area (Å²) in [4.78, 5) is 29.4. The first-order valence-corrected chi connectivity index (χ1v) is 12.8. The minimum atomic E-state index is -1.00. The van der Waals surface area contributed by atoms with E-state index >= 15 is 0 Å². The third kappa shape index (κ3) is 5.05. The Kier molecular flexibility index (Phi) is 6.54. The van der Waals surface area contributed by atoms with E-state index in [-0.39, 0.29) is 23.8 Å². The summed E-state index contributed by atoms with van der Waals surface area (Å²) in [5.41, 5.74) is 4.70. The van der Waals surface area contributed by atoms with Gasteiger partial charge >= 0.3 is 5.97 Å². The van der Waals surface area contributed by atoms with Gasteiger partial charge in [-0.15, -0.1) is 0 Å². The van der Waals surface area contributed by atoms with Gasteiger partial charge in [0.2, 0.25) is 0 Å². The summed E-state index contributed by atoms with van der Waals surface area (Å²) in [6, 6.07) is 30.7. The van der Waals surface area contributed by atoms with E-state index < -0.39 is 5.97 Å². The van der Waals surface area contributed by atoms with Crippen LogP contribution in [0.4, 0.5) is 4.39 Å². The second kappa shape index (κ2) is 10.5. The summed E-state index contributed by atoms with van der Waals surface area (Å²) in [6.07, 6.45) is 2.26. The van der Waals surface area contributed by atoms with Crippen LogP contribution in [0.5, 0.6) is 0 Å². The molecule has 0 aliphatic carbocycles. The molecule has 0 bridgehead atoms. The molecule has 2 aromatic heterocycles. The molecule has 0 unspecified atom stereocenters. The number of pyridine rings is 1. The number of aromatic carboxylic acids is 1. The summed E-state index contributed by atoms with van der Waals surface area (Å²) < 4.78 is 15.4. The van der Waals surface area contributed by atoms with E-state index in [2.05, 4.69) is 40.6 Å². The Bertz CT molecular complexity index is 1880. The third-order valence-electron chi connectivity index (χ3n) is 6.94. The molecule has 4 aromatic carbocycles. The first-order chi connectivity index (χ1) is 19.4. The van der Waals surface area contributed by atoms with E-state index in [1.165, 1.54) is 24.3 Å². The number of benzene rings is 4. The van der Waals surface area contributed by atoms with Crippen LogP contribution in [-0.4, -0.2) is 26.4 Å². The van der Waals surface area contributed by atoms with Gasteiger partial charge in [-0.25, -0.2) is 14.2 Å². The molecule has 1 amide bonds. The Morgan fingerprint density at radius 2 is 1.52 bits per heavy atom. The van der Waals surface area contributed by atoms with Crippen molar-refractivity contribution in [3.05, 3.63) is 143 Å². The maximum absolute atomic E-state index is 13.6. The van der Waals surface area contributed by atoms with Crippen molar-refractivity contribution in [2.75, 3.05) is 0 Å². The van der Waals surface area contributed by atoms with Crippen molar-refractivity contribution >= 4 is 28.2 Å². The number of rotatable bonds is 7. The van der Waals surface area contributed by atoms with E-state index in [4.69, 9.17) is 5.11 Å². The van der Waals surface area contributed by atoms with Crippen LogP contribution in [0.15, 0.2) is 109 Å². The summed E-state index contributed by atoms with van der Waals surface area (Å²) in [6.45, 7) is 0.218. The Balaban J connectivity index is 1.37. The Morgan fingerprint density at radius 3 is 2.27 bits per heavy atom. The van der Waals surface area contributed by atoms with Gasteiger partial charge in [0.1, 0.15) is 17.3 Å². The zero-order valence-corrected chi connectivity index (χ0v) is 21.3. The van der Waals surface area contributed by atoms with Crippen LogP contribution in [0.25, 0.3) is 27.4 Å². The number of carboxylic acids is 1. The van der Waals surface area contributed by atoms with Gasteiger partial charge in [-0.05, 0) is 69.4 Å². The Morgan fingerprint density at radius 1 is 0.800 bits per heavy atom. The molecular weight excluding hydrogens is 505 g/mol. The number of hydrogen-bond donors (Lipinski definition) is 2. The number of aromatic nitrogens is 2. The fraction of sp³-hybridized carbons (Fsp3) is 0.0606. The standard InChI is InChI=1S/C33H24FN3O3/c34-28-13-11-24(12-14-28)27-17-29-20-35-31(16-22-7-8-23-3-1-2-4-26(23)15-22)37(29)30(18-27)32(38)36-19-21-5-9-25(10-6-21)33(39)40/h1-15,17-18,20H,16,19H2,(H,36,38)(H,39,40). The fourth-order valence-corrected chi connectivity index (χ4v) is 4.87. The van der Waals surface area contributed by atoms with E-state index in [0.717, 1.165) is 38.5 Å². The summed E-state index contributed by atoms with van der Waals surface area (Å²) in [5, 5.41) is 14.4. The second-order valence-corrected chi connectivity index (χ2v) is 9.61. The predicted molar refractivity (Wildman–Crippen MR) is 152 cm³/mol. The first-order valence-electron chi connectivity index (χ1n) is 12.8. The Labute approximate surface area is 229 Å². The predicted octanol–water partition coefficient (Wildman–Crippen LogP) is 6.51. The van der Waals surface area contributed by atoms with Gasteiger partial charge < -0.3 is 10.4 Å². The molecule has 40 heavy (non-hydrogen) atoms. The highest BCUT2D eigenvalue weighted by atomic mass is 19.1. The number of carbonyl (C=O) groups is 2. The summed E-state index contributed by atoms with van der Waals surface area (Å²) in [5.74, 6) is -0.936. The molecule has 0 fully saturated rings. The molecule has 0 atom stereocenters. The van der Waals surface area contributed by atoms with Crippen molar-refractivity contribution in [1.82, 2.24) is 14.7 Å². The molecule has 0 radical (unpaired) electrons. The van der Waals surface area contributed by atoms with E-state index in [1.807, 2.05) is 22.6 Å². The minimum Gasteiger partial charge on any atom is -0.478 e. The molecule has 2 heterocycles. The fourth-order valence-electron chi connectivity index (χ4n) is 4.87. The zero-order valence-electron chi connectivity index (χ0n) is 21.3. The molecule has 6 nitrogen and oxygen atoms in total. The highest BCUT2D eigenvalue weighted by molar-refractivity contribution is 5.95. The van der Waals surface area contributed by atoms with Gasteiger partial charge in [-0.3, -0.25) is 9.20 Å². The highest BCUT2D eigenvalue weighted by Crippen LogP contribution is 2.26. The van der Waals surface area contributed by atoms with Crippen LogP contribution in [0.2, 0.25) is 0 Å². The topological polar surface area (TPSA) is 83.7 Å². The maximum Gasteiger partial charge on any atom is 0.335 e. The van der Waals surface area contributed by atoms with Crippen LogP contribution in [0.3, 0.4) is 0 Å². The number of imidazole rings is 1. The third-order valence-corrected chi connectivity index (χ3v) is 6.94. The quantitative estimate of drug-likeness (QED) is 0.247. The monoisotopic (exact) mass is 529 g/mol. The van der Waals surface area contributed by atoms with Crippen molar-refractivity contribution in [1.29, 1.82) is 0 Å². The van der Waals surface area contributed by atoms with Crippen LogP contribution in [0.1, 0.15) is 37.8 Å². The average Bonchev–Trinajstić information content (AvgIpc) is 3.38. The molecule has 7 heteroatoms. The smallest absolute Gasteiger partial charge is 0.335 e. The lowest BCUT2D eigenvalue weighted by molar-refractivity contribution is 0.0696. The van der Waals surface area contributed by atoms with Gasteiger partial charge in [0.05, 0.1) is 17.3 Å². The molecule has 0 aliphatic heterocycles. The van der Waals surface area contributed by atoms with Crippen molar-refractivity contribution in [3.63, 3.8) is 0 Å². The molecular formula is C33H24FN3O3. The van der Waals surface area contributed by atoms with Crippen molar-refractivity contribution in [2.45, 2.75) is 13.0 Å². The van der Waals surface area contributed by atoms with Crippen LogP contribution < -0.4 is 5.32 Å². The number of halogens is 1. The van der Waals surface area contributed by atoms with Gasteiger partial charge in [0.25, 0.3) is 5.91 Å². The van der Waals surface area contributed by atoms with Gasteiger partial charge in [-0.2, -0.15) is 0 Å². The molecule has 0 saturated heterocycles. The lowest BCUT2D eigenvalue weighted by atomic mass is 10.0. The SMILES string of the molecule is O=C(O)c1ccc(CNC(=O)c2cc(-c3ccc(F)cc3)cc3cnc(Cc4ccc5ccccc5c4)n23)cc1. The molecule has 6 rings (SSSR count). The largest absolute Gasteiger partial charge is 0.478 e. The van der Waals surface area contributed by atoms with Crippen LogP contribution in [0, 0.1) is 5.82 Å². The number of carbonyl (C=O) groups excluding carboxylic acids is 1. The highest BCUT2D eigenvalue weighted by Gasteiger charge is 2.17. The average molecular weight is 530 g/mol. The second-order valence-electron chi connectivity index (χ2n) is 9.61. The van der Waals surface area contributed by atoms with Crippen molar-refractivity contribution in [3.8, 4) is 11.1 Å². The number of hydrogen-bond acceptors (Lipinski definition) is 3. The van der Waals surface area contributed by atoms with E-state index in [9.17, 15) is 14.0 Å². The van der Waals surface area contributed by atoms with Crippen LogP contribution in [-0.2, 0) is 13.0 Å². The van der Waals surface area contributed by atoms with Gasteiger partial charge in [0.15, 0.2) is 0 Å². The van der Waals surface area contributed by atoms with Gasteiger partial charge in [-0.1, -0.05) is 66.7 Å². The molecule has 2 N–H and O–H groups in total. The number of nitrogens with one attached hydrogen (secondary N) is 1. The molecule has 0 aliphatic rings.